The van der Waals surface area contributed by atoms with Crippen LogP contribution in [0.2, 0.25) is 0 Å². The molecule has 1 atom stereocenters. The zero-order chi connectivity index (χ0) is 20.5. The van der Waals surface area contributed by atoms with Crippen LogP contribution < -0.4 is 9.46 Å². The Morgan fingerprint density at radius 3 is 2.50 bits per heavy atom. The van der Waals surface area contributed by atoms with Gasteiger partial charge in [0.2, 0.25) is 10.0 Å². The molecule has 2 aromatic heterocycles. The van der Waals surface area contributed by atoms with Crippen LogP contribution in [0.3, 0.4) is 0 Å². The van der Waals surface area contributed by atoms with E-state index in [1.165, 1.54) is 31.2 Å². The Morgan fingerprint density at radius 2 is 1.93 bits per heavy atom. The van der Waals surface area contributed by atoms with E-state index in [1.54, 1.807) is 18.4 Å². The van der Waals surface area contributed by atoms with Crippen LogP contribution >= 0.6 is 0 Å². The van der Waals surface area contributed by atoms with Crippen molar-refractivity contribution >= 4 is 10.0 Å². The summed E-state index contributed by atoms with van der Waals surface area (Å²) in [5.74, 6) is 0.579. The molecule has 0 unspecified atom stereocenters. The SMILES string of the molecule is CCn1c(Oc2ccc(F)cc2)nnc1[C@@H](C)NS(=O)(=O)c1c(C)noc1C. The maximum absolute atomic E-state index is 13.0. The molecule has 0 amide bonds. The highest BCUT2D eigenvalue weighted by atomic mass is 32.2. The third-order valence-corrected chi connectivity index (χ3v) is 5.82. The highest BCUT2D eigenvalue weighted by Crippen LogP contribution is 2.25. The van der Waals surface area contributed by atoms with Crippen molar-refractivity contribution in [3.05, 3.63) is 47.4 Å². The molecule has 0 aliphatic rings. The van der Waals surface area contributed by atoms with Gasteiger partial charge in [0, 0.05) is 6.54 Å². The summed E-state index contributed by atoms with van der Waals surface area (Å²) in [4.78, 5) is 0.00435. The van der Waals surface area contributed by atoms with Crippen LogP contribution in [-0.4, -0.2) is 28.3 Å². The first kappa shape index (κ1) is 20.0. The molecule has 0 saturated carbocycles. The smallest absolute Gasteiger partial charge is 0.322 e. The van der Waals surface area contributed by atoms with Crippen LogP contribution in [0.25, 0.3) is 0 Å². The van der Waals surface area contributed by atoms with E-state index >= 15 is 0 Å². The number of aryl methyl sites for hydroxylation is 2. The van der Waals surface area contributed by atoms with Gasteiger partial charge in [-0.3, -0.25) is 4.57 Å². The van der Waals surface area contributed by atoms with Gasteiger partial charge in [-0.05, 0) is 52.0 Å². The second-order valence-corrected chi connectivity index (χ2v) is 7.79. The molecule has 1 aromatic carbocycles. The lowest BCUT2D eigenvalue weighted by Crippen LogP contribution is -2.29. The lowest BCUT2D eigenvalue weighted by atomic mass is 10.3. The first-order chi connectivity index (χ1) is 13.2. The van der Waals surface area contributed by atoms with E-state index in [2.05, 4.69) is 20.1 Å². The zero-order valence-electron chi connectivity index (χ0n) is 15.8. The van der Waals surface area contributed by atoms with Crippen molar-refractivity contribution in [2.75, 3.05) is 0 Å². The second-order valence-electron chi connectivity index (χ2n) is 6.14. The maximum Gasteiger partial charge on any atom is 0.322 e. The van der Waals surface area contributed by atoms with Crippen LogP contribution in [0.1, 0.15) is 37.2 Å². The average molecular weight is 409 g/mol. The van der Waals surface area contributed by atoms with E-state index in [4.69, 9.17) is 9.26 Å². The fourth-order valence-electron chi connectivity index (χ4n) is 2.80. The first-order valence-electron chi connectivity index (χ1n) is 8.54. The van der Waals surface area contributed by atoms with Gasteiger partial charge in [0.15, 0.2) is 11.6 Å². The fraction of sp³-hybridized carbons (Fsp3) is 0.353. The number of halogens is 1. The average Bonchev–Trinajstić information content (AvgIpc) is 3.19. The standard InChI is InChI=1S/C17H20FN5O4S/c1-5-23-16(19-20-17(23)26-14-8-6-13(18)7-9-14)11(3)22-28(24,25)15-10(2)21-27-12(15)4/h6-9,11,22H,5H2,1-4H3/t11-/m1/s1. The Hall–Kier alpha value is -2.79. The Bertz CT molecular complexity index is 1060. The topological polar surface area (TPSA) is 112 Å². The number of hydrogen-bond donors (Lipinski definition) is 1. The summed E-state index contributed by atoms with van der Waals surface area (Å²) in [6.07, 6.45) is 0. The Labute approximate surface area is 161 Å². The van der Waals surface area contributed by atoms with Crippen LogP contribution in [0.4, 0.5) is 4.39 Å². The lowest BCUT2D eigenvalue weighted by Gasteiger charge is -2.15. The minimum absolute atomic E-state index is 0.00435. The monoisotopic (exact) mass is 409 g/mol. The van der Waals surface area contributed by atoms with Crippen molar-refractivity contribution in [2.24, 2.45) is 0 Å². The second kappa shape index (κ2) is 7.68. The quantitative estimate of drug-likeness (QED) is 0.638. The first-order valence-corrected chi connectivity index (χ1v) is 10.0. The van der Waals surface area contributed by atoms with Crippen LogP contribution in [0.15, 0.2) is 33.7 Å². The molecule has 28 heavy (non-hydrogen) atoms. The van der Waals surface area contributed by atoms with Crippen molar-refractivity contribution in [3.63, 3.8) is 0 Å². The molecule has 3 aromatic rings. The van der Waals surface area contributed by atoms with E-state index in [9.17, 15) is 12.8 Å². The highest BCUT2D eigenvalue weighted by Gasteiger charge is 2.28. The van der Waals surface area contributed by atoms with Gasteiger partial charge in [-0.25, -0.2) is 17.5 Å². The van der Waals surface area contributed by atoms with E-state index in [0.717, 1.165) is 0 Å². The number of hydrogen-bond acceptors (Lipinski definition) is 7. The largest absolute Gasteiger partial charge is 0.424 e. The molecule has 1 N–H and O–H groups in total. The van der Waals surface area contributed by atoms with Gasteiger partial charge in [-0.2, -0.15) is 0 Å². The molecule has 150 valence electrons. The summed E-state index contributed by atoms with van der Waals surface area (Å²) in [6, 6.07) is 4.94. The summed E-state index contributed by atoms with van der Waals surface area (Å²) < 4.78 is 53.3. The zero-order valence-corrected chi connectivity index (χ0v) is 16.6. The molecule has 9 nitrogen and oxygen atoms in total. The van der Waals surface area contributed by atoms with Gasteiger partial charge in [0.05, 0.1) is 6.04 Å². The molecule has 0 aliphatic heterocycles. The molecule has 2 heterocycles. The van der Waals surface area contributed by atoms with Crippen LogP contribution in [-0.2, 0) is 16.6 Å². The van der Waals surface area contributed by atoms with Crippen LogP contribution in [0, 0.1) is 19.7 Å². The minimum atomic E-state index is -3.87. The summed E-state index contributed by atoms with van der Waals surface area (Å²) in [5, 5.41) is 11.7. The molecule has 3 rings (SSSR count). The number of ether oxygens (including phenoxy) is 1. The van der Waals surface area contributed by atoms with Crippen LogP contribution in [0.5, 0.6) is 11.8 Å². The fourth-order valence-corrected chi connectivity index (χ4v) is 4.33. The molecule has 0 bridgehead atoms. The van der Waals surface area contributed by atoms with E-state index in [0.29, 0.717) is 18.1 Å². The van der Waals surface area contributed by atoms with E-state index in [1.807, 2.05) is 6.92 Å². The molecule has 0 fully saturated rings. The van der Waals surface area contributed by atoms with Crippen molar-refractivity contribution in [1.82, 2.24) is 24.6 Å². The molecule has 11 heteroatoms. The predicted molar refractivity (Wildman–Crippen MR) is 96.9 cm³/mol. The van der Waals surface area contributed by atoms with Crippen molar-refractivity contribution < 1.29 is 22.1 Å². The van der Waals surface area contributed by atoms with Gasteiger partial charge in [-0.1, -0.05) is 10.3 Å². The Balaban J connectivity index is 1.85. The summed E-state index contributed by atoms with van der Waals surface area (Å²) in [6.45, 7) is 7.02. The number of benzene rings is 1. The van der Waals surface area contributed by atoms with Crippen molar-refractivity contribution in [1.29, 1.82) is 0 Å². The third-order valence-electron chi connectivity index (χ3n) is 4.04. The lowest BCUT2D eigenvalue weighted by molar-refractivity contribution is 0.390. The number of aromatic nitrogens is 4. The third kappa shape index (κ3) is 3.90. The summed E-state index contributed by atoms with van der Waals surface area (Å²) in [7, 11) is -3.87. The van der Waals surface area contributed by atoms with Crippen molar-refractivity contribution in [2.45, 2.75) is 45.2 Å². The highest BCUT2D eigenvalue weighted by molar-refractivity contribution is 7.89. The summed E-state index contributed by atoms with van der Waals surface area (Å²) >= 11 is 0. The predicted octanol–water partition coefficient (Wildman–Crippen LogP) is 2.87. The number of nitrogens with one attached hydrogen (secondary N) is 1. The maximum atomic E-state index is 13.0. The number of rotatable bonds is 7. The number of sulfonamides is 1. The molecule has 0 saturated heterocycles. The van der Waals surface area contributed by atoms with Gasteiger partial charge in [0.25, 0.3) is 0 Å². The molecular formula is C17H20FN5O4S. The molecule has 0 radical (unpaired) electrons. The van der Waals surface area contributed by atoms with E-state index in [-0.39, 0.29) is 28.2 Å². The van der Waals surface area contributed by atoms with Crippen molar-refractivity contribution in [3.8, 4) is 11.8 Å². The number of nitrogens with zero attached hydrogens (tertiary/aromatic N) is 4. The van der Waals surface area contributed by atoms with Gasteiger partial charge in [-0.15, -0.1) is 5.10 Å². The summed E-state index contributed by atoms with van der Waals surface area (Å²) in [5.41, 5.74) is 0.273. The van der Waals surface area contributed by atoms with Gasteiger partial charge >= 0.3 is 6.01 Å². The van der Waals surface area contributed by atoms with Gasteiger partial charge < -0.3 is 9.26 Å². The molecular weight excluding hydrogens is 389 g/mol. The molecule has 0 spiro atoms. The molecule has 0 aliphatic carbocycles. The minimum Gasteiger partial charge on any atom is -0.424 e. The Kier molecular flexibility index (Phi) is 5.47. The normalized spacial score (nSPS) is 12.9. The van der Waals surface area contributed by atoms with E-state index < -0.39 is 16.1 Å². The van der Waals surface area contributed by atoms with Gasteiger partial charge in [0.1, 0.15) is 22.2 Å². The Morgan fingerprint density at radius 1 is 1.25 bits per heavy atom.